The van der Waals surface area contributed by atoms with Crippen molar-refractivity contribution in [1.82, 2.24) is 9.62 Å². The Bertz CT molecular complexity index is 596. The lowest BCUT2D eigenvalue weighted by atomic mass is 9.93. The fraction of sp³-hybridized carbons (Fsp3) is 0.625. The van der Waals surface area contributed by atoms with Crippen LogP contribution in [0, 0.1) is 5.41 Å². The number of benzene rings is 1. The largest absolute Gasteiger partial charge is 0.310 e. The number of nitrogens with zero attached hydrogens (tertiary/aromatic N) is 1. The molecule has 0 spiro atoms. The summed E-state index contributed by atoms with van der Waals surface area (Å²) < 4.78 is 27.1. The molecule has 1 N–H and O–H groups in total. The predicted octanol–water partition coefficient (Wildman–Crippen LogP) is 2.78. The third-order valence-corrected chi connectivity index (χ3v) is 5.99. The fourth-order valence-corrected chi connectivity index (χ4v) is 4.47. The highest BCUT2D eigenvalue weighted by Gasteiger charge is 2.36. The molecule has 5 heteroatoms. The van der Waals surface area contributed by atoms with E-state index >= 15 is 0 Å². The van der Waals surface area contributed by atoms with Gasteiger partial charge in [0.25, 0.3) is 0 Å². The van der Waals surface area contributed by atoms with Crippen molar-refractivity contribution >= 4 is 10.0 Å². The van der Waals surface area contributed by atoms with Gasteiger partial charge in [-0.2, -0.15) is 4.31 Å². The van der Waals surface area contributed by atoms with Crippen molar-refractivity contribution in [2.45, 2.75) is 45.1 Å². The summed E-state index contributed by atoms with van der Waals surface area (Å²) in [4.78, 5) is 0.405. The molecule has 0 aliphatic carbocycles. The van der Waals surface area contributed by atoms with Crippen LogP contribution in [0.1, 0.15) is 45.7 Å². The van der Waals surface area contributed by atoms with Crippen LogP contribution < -0.4 is 5.32 Å². The van der Waals surface area contributed by atoms with E-state index < -0.39 is 10.0 Å². The van der Waals surface area contributed by atoms with E-state index in [4.69, 9.17) is 0 Å². The van der Waals surface area contributed by atoms with Gasteiger partial charge in [-0.25, -0.2) is 8.42 Å². The minimum absolute atomic E-state index is 0.0712. The quantitative estimate of drug-likeness (QED) is 0.910. The molecule has 0 saturated carbocycles. The van der Waals surface area contributed by atoms with E-state index in [0.29, 0.717) is 18.0 Å². The minimum atomic E-state index is -3.38. The van der Waals surface area contributed by atoms with Crippen LogP contribution in [0.25, 0.3) is 0 Å². The summed E-state index contributed by atoms with van der Waals surface area (Å²) in [6.45, 7) is 10.4. The van der Waals surface area contributed by atoms with Crippen LogP contribution in [0.2, 0.25) is 0 Å². The smallest absolute Gasteiger partial charge is 0.243 e. The van der Waals surface area contributed by atoms with Gasteiger partial charge in [0.2, 0.25) is 10.0 Å². The van der Waals surface area contributed by atoms with Gasteiger partial charge in [0.15, 0.2) is 0 Å². The number of nitrogens with one attached hydrogen (secondary N) is 1. The monoisotopic (exact) mass is 310 g/mol. The SMILES string of the molecule is CCNC(C)c1cccc(S(=O)(=O)N2CCC(C)(C)C2)c1. The number of hydrogen-bond donors (Lipinski definition) is 1. The maximum atomic E-state index is 12.8. The van der Waals surface area contributed by atoms with E-state index in [1.807, 2.05) is 26.0 Å². The second-order valence-electron chi connectivity index (χ2n) is 6.60. The van der Waals surface area contributed by atoms with Crippen LogP contribution in [0.3, 0.4) is 0 Å². The van der Waals surface area contributed by atoms with Crippen LogP contribution in [0.5, 0.6) is 0 Å². The lowest BCUT2D eigenvalue weighted by Crippen LogP contribution is -2.30. The molecule has 0 radical (unpaired) electrons. The zero-order valence-corrected chi connectivity index (χ0v) is 14.2. The molecular weight excluding hydrogens is 284 g/mol. The third-order valence-electron chi connectivity index (χ3n) is 4.15. The molecule has 0 amide bonds. The molecule has 1 unspecified atom stereocenters. The van der Waals surface area contributed by atoms with E-state index in [1.54, 1.807) is 16.4 Å². The zero-order valence-electron chi connectivity index (χ0n) is 13.4. The summed E-state index contributed by atoms with van der Waals surface area (Å²) in [5, 5.41) is 3.31. The lowest BCUT2D eigenvalue weighted by Gasteiger charge is -2.20. The van der Waals surface area contributed by atoms with Crippen molar-refractivity contribution < 1.29 is 8.42 Å². The Morgan fingerprint density at radius 1 is 1.38 bits per heavy atom. The summed E-state index contributed by atoms with van der Waals surface area (Å²) in [5.74, 6) is 0. The molecule has 1 aliphatic heterocycles. The van der Waals surface area contributed by atoms with Crippen LogP contribution in [0.4, 0.5) is 0 Å². The maximum absolute atomic E-state index is 12.8. The minimum Gasteiger partial charge on any atom is -0.310 e. The Balaban J connectivity index is 2.27. The van der Waals surface area contributed by atoms with Gasteiger partial charge in [-0.1, -0.05) is 32.9 Å². The first-order valence-electron chi connectivity index (χ1n) is 7.60. The first-order chi connectivity index (χ1) is 9.76. The highest BCUT2D eigenvalue weighted by Crippen LogP contribution is 2.33. The molecule has 2 rings (SSSR count). The van der Waals surface area contributed by atoms with Gasteiger partial charge in [0.05, 0.1) is 4.90 Å². The van der Waals surface area contributed by atoms with Crippen molar-refractivity contribution in [3.8, 4) is 0 Å². The van der Waals surface area contributed by atoms with Gasteiger partial charge in [0.1, 0.15) is 0 Å². The zero-order chi connectivity index (χ0) is 15.7. The van der Waals surface area contributed by atoms with Crippen LogP contribution >= 0.6 is 0 Å². The molecule has 0 bridgehead atoms. The summed E-state index contributed by atoms with van der Waals surface area (Å²) in [5.41, 5.74) is 1.08. The lowest BCUT2D eigenvalue weighted by molar-refractivity contribution is 0.375. The van der Waals surface area contributed by atoms with Gasteiger partial charge >= 0.3 is 0 Å². The molecule has 1 heterocycles. The Morgan fingerprint density at radius 3 is 2.67 bits per heavy atom. The van der Waals surface area contributed by atoms with Crippen molar-refractivity contribution in [3.05, 3.63) is 29.8 Å². The Morgan fingerprint density at radius 2 is 2.10 bits per heavy atom. The van der Waals surface area contributed by atoms with Crippen LogP contribution in [-0.4, -0.2) is 32.4 Å². The average molecular weight is 310 g/mol. The highest BCUT2D eigenvalue weighted by molar-refractivity contribution is 7.89. The van der Waals surface area contributed by atoms with Crippen molar-refractivity contribution in [2.75, 3.05) is 19.6 Å². The standard InChI is InChI=1S/C16H26N2O2S/c1-5-17-13(2)14-7-6-8-15(11-14)21(19,20)18-10-9-16(3,4)12-18/h6-8,11,13,17H,5,9-10,12H2,1-4H3. The molecule has 118 valence electrons. The summed E-state index contributed by atoms with van der Waals surface area (Å²) >= 11 is 0. The third kappa shape index (κ3) is 3.65. The van der Waals surface area contributed by atoms with Crippen LogP contribution in [-0.2, 0) is 10.0 Å². The Hall–Kier alpha value is -0.910. The van der Waals surface area contributed by atoms with Gasteiger partial charge in [-0.15, -0.1) is 0 Å². The van der Waals surface area contributed by atoms with E-state index in [1.165, 1.54) is 0 Å². The molecule has 0 aromatic heterocycles. The summed E-state index contributed by atoms with van der Waals surface area (Å²) in [6, 6.07) is 7.45. The van der Waals surface area contributed by atoms with Crippen molar-refractivity contribution in [2.24, 2.45) is 5.41 Å². The summed E-state index contributed by atoms with van der Waals surface area (Å²) in [6.07, 6.45) is 0.916. The van der Waals surface area contributed by atoms with E-state index in [2.05, 4.69) is 19.2 Å². The highest BCUT2D eigenvalue weighted by atomic mass is 32.2. The molecule has 1 aromatic carbocycles. The molecule has 21 heavy (non-hydrogen) atoms. The first kappa shape index (κ1) is 16.5. The van der Waals surface area contributed by atoms with E-state index in [-0.39, 0.29) is 11.5 Å². The second kappa shape index (κ2) is 6.07. The maximum Gasteiger partial charge on any atom is 0.243 e. The van der Waals surface area contributed by atoms with Crippen molar-refractivity contribution in [3.63, 3.8) is 0 Å². The molecular formula is C16H26N2O2S. The molecule has 1 aromatic rings. The topological polar surface area (TPSA) is 49.4 Å². The van der Waals surface area contributed by atoms with E-state index in [0.717, 1.165) is 18.5 Å². The molecule has 1 saturated heterocycles. The number of hydrogen-bond acceptors (Lipinski definition) is 3. The normalized spacial score (nSPS) is 20.6. The van der Waals surface area contributed by atoms with E-state index in [9.17, 15) is 8.42 Å². The predicted molar refractivity (Wildman–Crippen MR) is 85.7 cm³/mol. The molecule has 1 aliphatic rings. The van der Waals surface area contributed by atoms with Gasteiger partial charge in [-0.3, -0.25) is 0 Å². The average Bonchev–Trinajstić information content (AvgIpc) is 2.80. The Labute approximate surface area is 128 Å². The first-order valence-corrected chi connectivity index (χ1v) is 9.04. The van der Waals surface area contributed by atoms with Gasteiger partial charge in [0, 0.05) is 19.1 Å². The number of rotatable bonds is 5. The summed E-state index contributed by atoms with van der Waals surface area (Å²) in [7, 11) is -3.38. The second-order valence-corrected chi connectivity index (χ2v) is 8.54. The molecule has 1 atom stereocenters. The van der Waals surface area contributed by atoms with Crippen molar-refractivity contribution in [1.29, 1.82) is 0 Å². The van der Waals surface area contributed by atoms with Gasteiger partial charge in [-0.05, 0) is 43.0 Å². The number of sulfonamides is 1. The fourth-order valence-electron chi connectivity index (χ4n) is 2.79. The Kier molecular flexibility index (Phi) is 4.76. The van der Waals surface area contributed by atoms with Crippen LogP contribution in [0.15, 0.2) is 29.2 Å². The molecule has 1 fully saturated rings. The molecule has 4 nitrogen and oxygen atoms in total. The van der Waals surface area contributed by atoms with Gasteiger partial charge < -0.3 is 5.32 Å².